The molecule has 2 nitrogen and oxygen atoms in total. The molecule has 6 heteroatoms. The lowest BCUT2D eigenvalue weighted by molar-refractivity contribution is -0.137. The van der Waals surface area contributed by atoms with E-state index in [4.69, 9.17) is 4.74 Å². The van der Waals surface area contributed by atoms with Crippen molar-refractivity contribution in [2.45, 2.75) is 25.4 Å². The van der Waals surface area contributed by atoms with Crippen LogP contribution < -0.4 is 5.32 Å². The minimum Gasteiger partial charge on any atom is -0.385 e. The highest BCUT2D eigenvalue weighted by molar-refractivity contribution is 9.10. The summed E-state index contributed by atoms with van der Waals surface area (Å²) < 4.78 is 44.5. The van der Waals surface area contributed by atoms with Gasteiger partial charge >= 0.3 is 6.18 Å². The minimum absolute atomic E-state index is 0.0984. The van der Waals surface area contributed by atoms with Gasteiger partial charge in [-0.1, -0.05) is 15.9 Å². The van der Waals surface area contributed by atoms with Crippen molar-refractivity contribution in [1.82, 2.24) is 0 Å². The summed E-state index contributed by atoms with van der Waals surface area (Å²) in [4.78, 5) is 0. The van der Waals surface area contributed by atoms with Gasteiger partial charge in [-0.2, -0.15) is 13.2 Å². The van der Waals surface area contributed by atoms with Crippen LogP contribution >= 0.6 is 15.9 Å². The number of alkyl halides is 3. The molecule has 1 saturated carbocycles. The molecule has 0 atom stereocenters. The highest BCUT2D eigenvalue weighted by Gasteiger charge is 2.42. The largest absolute Gasteiger partial charge is 0.418 e. The lowest BCUT2D eigenvalue weighted by Gasteiger charge is -2.19. The van der Waals surface area contributed by atoms with Gasteiger partial charge in [0.25, 0.3) is 0 Å². The third-order valence-electron chi connectivity index (χ3n) is 3.73. The van der Waals surface area contributed by atoms with Crippen molar-refractivity contribution in [2.75, 3.05) is 25.6 Å². The summed E-state index contributed by atoms with van der Waals surface area (Å²) in [5.74, 6) is 0. The van der Waals surface area contributed by atoms with Gasteiger partial charge in [-0.15, -0.1) is 0 Å². The normalized spacial score (nSPS) is 17.1. The first-order chi connectivity index (χ1) is 9.36. The molecule has 0 radical (unpaired) electrons. The molecule has 0 saturated heterocycles. The van der Waals surface area contributed by atoms with Crippen molar-refractivity contribution < 1.29 is 17.9 Å². The summed E-state index contributed by atoms with van der Waals surface area (Å²) in [6, 6.07) is 3.99. The molecule has 0 spiro atoms. The number of ether oxygens (including phenoxy) is 1. The number of benzene rings is 1. The number of nitrogens with one attached hydrogen (secondary N) is 1. The molecule has 0 heterocycles. The van der Waals surface area contributed by atoms with Crippen LogP contribution in [0.4, 0.5) is 18.9 Å². The fourth-order valence-corrected chi connectivity index (χ4v) is 2.56. The molecular formula is C14H17BrF3NO. The number of halogens is 4. The van der Waals surface area contributed by atoms with Crippen molar-refractivity contribution in [1.29, 1.82) is 0 Å². The van der Waals surface area contributed by atoms with Crippen LogP contribution in [-0.2, 0) is 10.9 Å². The van der Waals surface area contributed by atoms with E-state index in [0.717, 1.165) is 25.3 Å². The number of hydrogen-bond acceptors (Lipinski definition) is 2. The van der Waals surface area contributed by atoms with Crippen LogP contribution in [-0.4, -0.2) is 20.3 Å². The lowest BCUT2D eigenvalue weighted by atomic mass is 10.0. The van der Waals surface area contributed by atoms with E-state index in [1.165, 1.54) is 12.1 Å². The van der Waals surface area contributed by atoms with Gasteiger partial charge in [0.1, 0.15) is 0 Å². The smallest absolute Gasteiger partial charge is 0.385 e. The van der Waals surface area contributed by atoms with E-state index in [9.17, 15) is 13.2 Å². The Morgan fingerprint density at radius 2 is 2.05 bits per heavy atom. The highest BCUT2D eigenvalue weighted by atomic mass is 79.9. The maximum Gasteiger partial charge on any atom is 0.418 e. The number of rotatable bonds is 6. The van der Waals surface area contributed by atoms with E-state index < -0.39 is 11.7 Å². The maximum absolute atomic E-state index is 12.9. The Labute approximate surface area is 124 Å². The van der Waals surface area contributed by atoms with Crippen LogP contribution in [0.2, 0.25) is 0 Å². The Morgan fingerprint density at radius 3 is 2.60 bits per heavy atom. The molecule has 1 N–H and O–H groups in total. The second kappa shape index (κ2) is 5.93. The van der Waals surface area contributed by atoms with Gasteiger partial charge in [0, 0.05) is 30.4 Å². The second-order valence-electron chi connectivity index (χ2n) is 5.28. The van der Waals surface area contributed by atoms with E-state index in [-0.39, 0.29) is 11.1 Å². The molecule has 1 aliphatic carbocycles. The summed E-state index contributed by atoms with van der Waals surface area (Å²) in [5, 5.41) is 2.97. The zero-order valence-electron chi connectivity index (χ0n) is 11.2. The molecule has 0 amide bonds. The summed E-state index contributed by atoms with van der Waals surface area (Å²) in [7, 11) is 1.64. The van der Waals surface area contributed by atoms with Crippen LogP contribution in [0.3, 0.4) is 0 Å². The van der Waals surface area contributed by atoms with Crippen LogP contribution in [0.1, 0.15) is 24.8 Å². The van der Waals surface area contributed by atoms with Crippen molar-refractivity contribution in [3.8, 4) is 0 Å². The van der Waals surface area contributed by atoms with Crippen LogP contribution in [0, 0.1) is 5.41 Å². The molecular weight excluding hydrogens is 335 g/mol. The van der Waals surface area contributed by atoms with Crippen molar-refractivity contribution >= 4 is 21.6 Å². The van der Waals surface area contributed by atoms with E-state index in [1.807, 2.05) is 0 Å². The fraction of sp³-hybridized carbons (Fsp3) is 0.571. The summed E-state index contributed by atoms with van der Waals surface area (Å²) in [6.45, 7) is 1.20. The summed E-state index contributed by atoms with van der Waals surface area (Å²) in [6.07, 6.45) is -1.38. The molecule has 0 bridgehead atoms. The first-order valence-electron chi connectivity index (χ1n) is 6.46. The average Bonchev–Trinajstić information content (AvgIpc) is 3.13. The number of anilines is 1. The van der Waals surface area contributed by atoms with Crippen LogP contribution in [0.15, 0.2) is 22.7 Å². The Morgan fingerprint density at radius 1 is 1.35 bits per heavy atom. The Hall–Kier alpha value is -0.750. The molecule has 20 heavy (non-hydrogen) atoms. The van der Waals surface area contributed by atoms with E-state index >= 15 is 0 Å². The quantitative estimate of drug-likeness (QED) is 0.802. The Bertz CT molecular complexity index is 472. The minimum atomic E-state index is -4.34. The predicted molar refractivity (Wildman–Crippen MR) is 75.8 cm³/mol. The average molecular weight is 352 g/mol. The van der Waals surface area contributed by atoms with E-state index in [0.29, 0.717) is 17.6 Å². The zero-order valence-corrected chi connectivity index (χ0v) is 12.8. The molecule has 1 fully saturated rings. The first-order valence-corrected chi connectivity index (χ1v) is 7.25. The standard InChI is InChI=1S/C14H17BrF3NO/c1-20-7-6-13(4-5-13)9-19-12-8-10(15)2-3-11(12)14(16,17)18/h2-3,8,19H,4-7,9H2,1H3. The van der Waals surface area contributed by atoms with Crippen molar-refractivity contribution in [3.63, 3.8) is 0 Å². The number of hydrogen-bond donors (Lipinski definition) is 1. The van der Waals surface area contributed by atoms with Gasteiger partial charge < -0.3 is 10.1 Å². The van der Waals surface area contributed by atoms with Crippen LogP contribution in [0.5, 0.6) is 0 Å². The third kappa shape index (κ3) is 3.88. The SMILES string of the molecule is COCCC1(CNc2cc(Br)ccc2C(F)(F)F)CC1. The molecule has 112 valence electrons. The molecule has 0 unspecified atom stereocenters. The van der Waals surface area contributed by atoms with Gasteiger partial charge in [0.2, 0.25) is 0 Å². The molecule has 2 rings (SSSR count). The summed E-state index contributed by atoms with van der Waals surface area (Å²) in [5.41, 5.74) is -0.389. The van der Waals surface area contributed by atoms with E-state index in [2.05, 4.69) is 21.2 Å². The molecule has 1 aromatic carbocycles. The van der Waals surface area contributed by atoms with Gasteiger partial charge in [-0.25, -0.2) is 0 Å². The van der Waals surface area contributed by atoms with Gasteiger partial charge in [0.15, 0.2) is 0 Å². The third-order valence-corrected chi connectivity index (χ3v) is 4.23. The van der Waals surface area contributed by atoms with Gasteiger partial charge in [0.05, 0.1) is 5.56 Å². The van der Waals surface area contributed by atoms with E-state index in [1.54, 1.807) is 7.11 Å². The molecule has 0 aromatic heterocycles. The number of methoxy groups -OCH3 is 1. The Kier molecular flexibility index (Phi) is 4.64. The zero-order chi connectivity index (χ0) is 14.8. The Balaban J connectivity index is 2.07. The molecule has 1 aliphatic rings. The monoisotopic (exact) mass is 351 g/mol. The maximum atomic E-state index is 12.9. The lowest BCUT2D eigenvalue weighted by Crippen LogP contribution is -2.19. The predicted octanol–water partition coefficient (Wildman–Crippen LogP) is 4.70. The highest BCUT2D eigenvalue weighted by Crippen LogP contribution is 2.49. The van der Waals surface area contributed by atoms with Gasteiger partial charge in [-0.3, -0.25) is 0 Å². The first kappa shape index (κ1) is 15.6. The van der Waals surface area contributed by atoms with Crippen molar-refractivity contribution in [3.05, 3.63) is 28.2 Å². The molecule has 0 aliphatic heterocycles. The van der Waals surface area contributed by atoms with Gasteiger partial charge in [-0.05, 0) is 42.9 Å². The van der Waals surface area contributed by atoms with Crippen LogP contribution in [0.25, 0.3) is 0 Å². The topological polar surface area (TPSA) is 21.3 Å². The van der Waals surface area contributed by atoms with Crippen molar-refractivity contribution in [2.24, 2.45) is 5.41 Å². The fourth-order valence-electron chi connectivity index (χ4n) is 2.20. The second-order valence-corrected chi connectivity index (χ2v) is 6.20. The molecule has 1 aromatic rings. The summed E-state index contributed by atoms with van der Waals surface area (Å²) >= 11 is 3.21.